The van der Waals surface area contributed by atoms with Crippen molar-refractivity contribution < 1.29 is 23.8 Å². The van der Waals surface area contributed by atoms with E-state index in [4.69, 9.17) is 25.7 Å². The molecule has 0 radical (unpaired) electrons. The zero-order valence-electron chi connectivity index (χ0n) is 14.0. The molecule has 0 saturated carbocycles. The Morgan fingerprint density at radius 3 is 2.62 bits per heavy atom. The Kier molecular flexibility index (Phi) is 6.16. The Hall–Kier alpha value is -2.12. The molecule has 0 aliphatic carbocycles. The molecule has 1 aromatic carbocycles. The Morgan fingerprint density at radius 1 is 1.21 bits per heavy atom. The third-order valence-corrected chi connectivity index (χ3v) is 3.61. The van der Waals surface area contributed by atoms with Crippen molar-refractivity contribution in [2.45, 2.75) is 45.2 Å². The highest BCUT2D eigenvalue weighted by Crippen LogP contribution is 2.32. The minimum Gasteiger partial charge on any atom is -0.454 e. The second-order valence-corrected chi connectivity index (χ2v) is 6.39. The number of rotatable bonds is 7. The number of hydrogen-bond acceptors (Lipinski definition) is 7. The largest absolute Gasteiger partial charge is 0.454 e. The van der Waals surface area contributed by atoms with Crippen molar-refractivity contribution in [2.75, 3.05) is 6.79 Å². The second kappa shape index (κ2) is 8.12. The molecule has 1 heterocycles. The molecular formula is C17H24N2O5. The van der Waals surface area contributed by atoms with E-state index in [1.54, 1.807) is 6.07 Å². The van der Waals surface area contributed by atoms with E-state index in [1.807, 2.05) is 26.0 Å². The lowest BCUT2D eigenvalue weighted by atomic mass is 10.0. The number of fused-ring (bicyclic) bond motifs is 1. The van der Waals surface area contributed by atoms with E-state index in [9.17, 15) is 9.59 Å². The summed E-state index contributed by atoms with van der Waals surface area (Å²) >= 11 is 0. The molecule has 24 heavy (non-hydrogen) atoms. The topological polar surface area (TPSA) is 114 Å². The Labute approximate surface area is 141 Å². The minimum atomic E-state index is -0.793. The SMILES string of the molecule is CC(C)C[C@H](N)C(=O)OC(=O)CC(N)Cc1ccc2c(c1)OCO2. The van der Waals surface area contributed by atoms with Crippen LogP contribution in [-0.4, -0.2) is 30.8 Å². The molecule has 0 spiro atoms. The van der Waals surface area contributed by atoms with Gasteiger partial charge in [-0.25, -0.2) is 4.79 Å². The van der Waals surface area contributed by atoms with Gasteiger partial charge in [-0.3, -0.25) is 4.79 Å². The fraction of sp³-hybridized carbons (Fsp3) is 0.529. The van der Waals surface area contributed by atoms with E-state index >= 15 is 0 Å². The van der Waals surface area contributed by atoms with E-state index in [0.717, 1.165) is 5.56 Å². The van der Waals surface area contributed by atoms with Crippen molar-refractivity contribution in [3.05, 3.63) is 23.8 Å². The van der Waals surface area contributed by atoms with Gasteiger partial charge in [-0.2, -0.15) is 0 Å². The molecule has 0 aromatic heterocycles. The predicted molar refractivity (Wildman–Crippen MR) is 87.4 cm³/mol. The highest BCUT2D eigenvalue weighted by atomic mass is 16.7. The van der Waals surface area contributed by atoms with Crippen molar-refractivity contribution in [1.82, 2.24) is 0 Å². The van der Waals surface area contributed by atoms with Gasteiger partial charge < -0.3 is 25.7 Å². The summed E-state index contributed by atoms with van der Waals surface area (Å²) in [7, 11) is 0. The highest BCUT2D eigenvalue weighted by molar-refractivity contribution is 5.88. The summed E-state index contributed by atoms with van der Waals surface area (Å²) in [6.45, 7) is 4.09. The van der Waals surface area contributed by atoms with Gasteiger partial charge in [-0.05, 0) is 36.5 Å². The Balaban J connectivity index is 1.80. The van der Waals surface area contributed by atoms with Gasteiger partial charge in [0.25, 0.3) is 0 Å². The van der Waals surface area contributed by atoms with Gasteiger partial charge in [0.1, 0.15) is 6.04 Å². The minimum absolute atomic E-state index is 0.0609. The van der Waals surface area contributed by atoms with E-state index in [0.29, 0.717) is 24.3 Å². The smallest absolute Gasteiger partial charge is 0.330 e. The summed E-state index contributed by atoms with van der Waals surface area (Å²) in [5, 5.41) is 0. The molecule has 0 bridgehead atoms. The van der Waals surface area contributed by atoms with Gasteiger partial charge in [0.05, 0.1) is 6.42 Å². The second-order valence-electron chi connectivity index (χ2n) is 6.39. The van der Waals surface area contributed by atoms with Crippen molar-refractivity contribution >= 4 is 11.9 Å². The molecule has 1 aliphatic heterocycles. The standard InChI is InChI=1S/C17H24N2O5/c1-10(2)5-13(19)17(21)24-16(20)8-12(18)6-11-3-4-14-15(7-11)23-9-22-14/h3-4,7,10,12-13H,5-6,8-9,18-19H2,1-2H3/t12?,13-/m0/s1. The van der Waals surface area contributed by atoms with Crippen LogP contribution in [0.1, 0.15) is 32.3 Å². The fourth-order valence-electron chi connectivity index (χ4n) is 2.49. The van der Waals surface area contributed by atoms with Crippen LogP contribution in [0.5, 0.6) is 11.5 Å². The van der Waals surface area contributed by atoms with Crippen molar-refractivity contribution in [3.8, 4) is 11.5 Å². The fourth-order valence-corrected chi connectivity index (χ4v) is 2.49. The number of esters is 2. The number of ether oxygens (including phenoxy) is 3. The number of hydrogen-bond donors (Lipinski definition) is 2. The average molecular weight is 336 g/mol. The Morgan fingerprint density at radius 2 is 1.92 bits per heavy atom. The van der Waals surface area contributed by atoms with Crippen LogP contribution in [0, 0.1) is 5.92 Å². The van der Waals surface area contributed by atoms with Crippen LogP contribution in [0.3, 0.4) is 0 Å². The number of benzene rings is 1. The molecule has 7 nitrogen and oxygen atoms in total. The van der Waals surface area contributed by atoms with E-state index in [2.05, 4.69) is 0 Å². The van der Waals surface area contributed by atoms with Crippen molar-refractivity contribution in [2.24, 2.45) is 17.4 Å². The summed E-state index contributed by atoms with van der Waals surface area (Å²) in [5.74, 6) is 0.237. The molecule has 1 aliphatic rings. The van der Waals surface area contributed by atoms with E-state index in [1.165, 1.54) is 0 Å². The van der Waals surface area contributed by atoms with Crippen LogP contribution in [0.15, 0.2) is 18.2 Å². The summed E-state index contributed by atoms with van der Waals surface area (Å²) in [6.07, 6.45) is 0.863. The van der Waals surface area contributed by atoms with E-state index < -0.39 is 24.0 Å². The number of carbonyl (C=O) groups excluding carboxylic acids is 2. The normalized spacial score (nSPS) is 15.2. The van der Waals surface area contributed by atoms with Gasteiger partial charge in [0.15, 0.2) is 11.5 Å². The molecule has 1 aromatic rings. The van der Waals surface area contributed by atoms with Gasteiger partial charge >= 0.3 is 11.9 Å². The van der Waals surface area contributed by atoms with Crippen LogP contribution < -0.4 is 20.9 Å². The van der Waals surface area contributed by atoms with Gasteiger partial charge in [-0.1, -0.05) is 19.9 Å². The van der Waals surface area contributed by atoms with Crippen molar-refractivity contribution in [1.29, 1.82) is 0 Å². The molecule has 2 rings (SSSR count). The quantitative estimate of drug-likeness (QED) is 0.566. The molecule has 1 unspecified atom stereocenters. The third-order valence-electron chi connectivity index (χ3n) is 3.61. The first kappa shape index (κ1) is 18.2. The predicted octanol–water partition coefficient (Wildman–Crippen LogP) is 1.12. The van der Waals surface area contributed by atoms with Crippen LogP contribution >= 0.6 is 0 Å². The lowest BCUT2D eigenvalue weighted by Crippen LogP contribution is -2.36. The van der Waals surface area contributed by atoms with Crippen LogP contribution in [-0.2, 0) is 20.7 Å². The van der Waals surface area contributed by atoms with Gasteiger partial charge in [0.2, 0.25) is 6.79 Å². The molecule has 4 N–H and O–H groups in total. The average Bonchev–Trinajstić information content (AvgIpc) is 2.93. The van der Waals surface area contributed by atoms with Crippen molar-refractivity contribution in [3.63, 3.8) is 0 Å². The number of nitrogens with two attached hydrogens (primary N) is 2. The molecule has 0 saturated heterocycles. The lowest BCUT2D eigenvalue weighted by Gasteiger charge is -2.14. The van der Waals surface area contributed by atoms with Crippen LogP contribution in [0.2, 0.25) is 0 Å². The summed E-state index contributed by atoms with van der Waals surface area (Å²) < 4.78 is 15.3. The zero-order valence-corrected chi connectivity index (χ0v) is 14.0. The highest BCUT2D eigenvalue weighted by Gasteiger charge is 2.22. The summed E-state index contributed by atoms with van der Waals surface area (Å²) in [6, 6.07) is 4.24. The molecule has 132 valence electrons. The maximum Gasteiger partial charge on any atom is 0.330 e. The van der Waals surface area contributed by atoms with Crippen LogP contribution in [0.25, 0.3) is 0 Å². The molecule has 0 amide bonds. The Bertz CT molecular complexity index is 603. The first-order chi connectivity index (χ1) is 11.3. The molecular weight excluding hydrogens is 312 g/mol. The van der Waals surface area contributed by atoms with Gasteiger partial charge in [0, 0.05) is 6.04 Å². The van der Waals surface area contributed by atoms with Gasteiger partial charge in [-0.15, -0.1) is 0 Å². The van der Waals surface area contributed by atoms with Crippen LogP contribution in [0.4, 0.5) is 0 Å². The molecule has 0 fully saturated rings. The van der Waals surface area contributed by atoms with E-state index in [-0.39, 0.29) is 19.1 Å². The summed E-state index contributed by atoms with van der Waals surface area (Å²) in [5.41, 5.74) is 12.6. The zero-order chi connectivity index (χ0) is 17.7. The third kappa shape index (κ3) is 5.21. The summed E-state index contributed by atoms with van der Waals surface area (Å²) in [4.78, 5) is 23.5. The first-order valence-corrected chi connectivity index (χ1v) is 7.99. The molecule has 7 heteroatoms. The maximum atomic E-state index is 11.8. The number of carbonyl (C=O) groups is 2. The maximum absolute atomic E-state index is 11.8. The first-order valence-electron chi connectivity index (χ1n) is 7.99. The monoisotopic (exact) mass is 336 g/mol. The lowest BCUT2D eigenvalue weighted by molar-refractivity contribution is -0.161. The molecule has 2 atom stereocenters.